The van der Waals surface area contributed by atoms with Crippen LogP contribution < -0.4 is 51.4 Å². The minimum Gasteiger partial charge on any atom is -1.00 e. The number of aliphatic hydroxyl groups is 2. The van der Waals surface area contributed by atoms with E-state index < -0.39 is 102 Å². The number of aldehydes is 1. The average Bonchev–Trinajstić information content (AvgIpc) is 1.59. The molecule has 18 nitrogen and oxygen atoms in total. The third-order valence-electron chi connectivity index (χ3n) is 17.8. The number of halogens is 3. The Morgan fingerprint density at radius 2 is 1.00 bits per heavy atom. The quantitative estimate of drug-likeness (QED) is 0.0198. The van der Waals surface area contributed by atoms with Crippen LogP contribution in [0.25, 0.3) is 0 Å². The van der Waals surface area contributed by atoms with Crippen molar-refractivity contribution >= 4 is 52.9 Å². The topological polar surface area (TPSA) is 289 Å². The molecule has 0 aliphatic carbocycles. The summed E-state index contributed by atoms with van der Waals surface area (Å²) < 4.78 is 122. The van der Waals surface area contributed by atoms with Gasteiger partial charge in [-0.1, -0.05) is 116 Å². The van der Waals surface area contributed by atoms with E-state index >= 15 is 0 Å². The first-order valence-electron chi connectivity index (χ1n) is 30.1. The summed E-state index contributed by atoms with van der Waals surface area (Å²) in [5.41, 5.74) is -1.55. The number of fused-ring (bicyclic) bond motifs is 2. The van der Waals surface area contributed by atoms with Crippen molar-refractivity contribution in [3.8, 4) is 0 Å². The number of sulfone groups is 3. The van der Waals surface area contributed by atoms with Gasteiger partial charge in [-0.25, -0.2) is 38.4 Å². The van der Waals surface area contributed by atoms with Crippen molar-refractivity contribution in [3.63, 3.8) is 0 Å². The molecular formula is C66H79F3KN3O15S3. The molecule has 91 heavy (non-hydrogen) atoms. The van der Waals surface area contributed by atoms with Crippen molar-refractivity contribution in [1.82, 2.24) is 0 Å². The molecule has 0 bridgehead atoms. The molecule has 2 heterocycles. The van der Waals surface area contributed by atoms with Gasteiger partial charge in [0.15, 0.2) is 29.5 Å². The number of rotatable bonds is 23. The molecule has 0 fully saturated rings. The zero-order valence-corrected chi connectivity index (χ0v) is 57.8. The SMILES string of the molecule is CCCC[C@@](C=O)(CC)CS(=O)(=O)c1ccc(F)cc1Cc1cccc([N+](=O)[O-])c1.CCCC[C@@]1(CC)CS(=O)(=O)c2ccc(F)cc2[C@@H](c2cccc([N+](=O)[O-])c2)[C@H]1O.CCCC[C@@]1(CC)CS(=O)(=O)c2ccc(F)cc2[C@H](c2cccc([N+](=O)[O-])c2)[C@@H]1O.[H-].[K+]. The number of carbonyl (C=O) groups excluding carboxylic acids is 1. The Bertz CT molecular complexity index is 3780. The molecule has 8 rings (SSSR count). The van der Waals surface area contributed by atoms with E-state index in [0.29, 0.717) is 55.2 Å². The number of carbonyl (C=O) groups is 1. The second kappa shape index (κ2) is 32.5. The van der Waals surface area contributed by atoms with Crippen molar-refractivity contribution in [2.24, 2.45) is 16.2 Å². The molecule has 6 aromatic carbocycles. The van der Waals surface area contributed by atoms with Gasteiger partial charge in [-0.3, -0.25) is 30.3 Å². The molecule has 0 amide bonds. The van der Waals surface area contributed by atoms with Crippen LogP contribution >= 0.6 is 0 Å². The molecule has 2 N–H and O–H groups in total. The van der Waals surface area contributed by atoms with Gasteiger partial charge in [0, 0.05) is 64.5 Å². The Hall–Kier alpha value is -5.61. The van der Waals surface area contributed by atoms with Crippen LogP contribution in [-0.2, 0) is 40.7 Å². The van der Waals surface area contributed by atoms with E-state index in [1.807, 2.05) is 34.6 Å². The first-order chi connectivity index (χ1) is 42.5. The molecule has 0 aromatic heterocycles. The molecule has 0 saturated carbocycles. The van der Waals surface area contributed by atoms with Gasteiger partial charge in [0.25, 0.3) is 17.1 Å². The van der Waals surface area contributed by atoms with Crippen molar-refractivity contribution in [2.75, 3.05) is 17.3 Å². The number of hydrogen-bond donors (Lipinski definition) is 2. The smallest absolute Gasteiger partial charge is 1.00 e. The van der Waals surface area contributed by atoms with Crippen LogP contribution in [0.2, 0.25) is 0 Å². The molecule has 0 unspecified atom stereocenters. The van der Waals surface area contributed by atoms with Gasteiger partial charge in [-0.05, 0) is 133 Å². The van der Waals surface area contributed by atoms with Gasteiger partial charge in [0.2, 0.25) is 0 Å². The summed E-state index contributed by atoms with van der Waals surface area (Å²) in [6.07, 6.45) is 5.79. The maximum Gasteiger partial charge on any atom is 1.00 e. The van der Waals surface area contributed by atoms with Gasteiger partial charge in [-0.15, -0.1) is 0 Å². The Labute approximate surface area is 574 Å². The first kappa shape index (κ1) is 76.1. The number of benzene rings is 6. The summed E-state index contributed by atoms with van der Waals surface area (Å²) >= 11 is 0. The largest absolute Gasteiger partial charge is 1.00 e. The van der Waals surface area contributed by atoms with Crippen LogP contribution in [0.4, 0.5) is 30.2 Å². The Kier molecular flexibility index (Phi) is 27.2. The zero-order chi connectivity index (χ0) is 66.6. The number of nitro benzene ring substituents is 3. The summed E-state index contributed by atoms with van der Waals surface area (Å²) in [4.78, 5) is 43.7. The fourth-order valence-corrected chi connectivity index (χ4v) is 19.2. The van der Waals surface area contributed by atoms with Crippen LogP contribution in [0.5, 0.6) is 0 Å². The standard InChI is InChI=1S/3C22H26FNO5S.K.H/c2*1-3-5-11-22(4-2)14-30(28,29)19-10-9-16(23)13-18(19)20(21(22)25)15-7-6-8-17(12-15)24(26)27;1-3-5-11-22(4-2,15-25)16-30(28,29)21-10-9-19(23)14-18(21)12-17-7-6-8-20(13-17)24(26)27;;/h2*6-10,12-13,20-21,25H,3-5,11,14H2,1-2H3;6-10,13-15H,3-5,11-12,16H2,1-2H3;;/q;;;+1;-1/t20-,21-,22+;20-,21-,22-;22-;;/m101../s1. The summed E-state index contributed by atoms with van der Waals surface area (Å²) in [5.74, 6) is -4.49. The van der Waals surface area contributed by atoms with Crippen LogP contribution in [0, 0.1) is 64.0 Å². The third kappa shape index (κ3) is 18.0. The normalized spacial score (nSPS) is 21.2. The van der Waals surface area contributed by atoms with Crippen LogP contribution in [-0.4, -0.2) is 86.0 Å². The molecule has 25 heteroatoms. The Balaban J connectivity index is 0.000000291. The number of aliphatic hydroxyl groups excluding tert-OH is 2. The third-order valence-corrected chi connectivity index (χ3v) is 23.8. The van der Waals surface area contributed by atoms with E-state index in [0.717, 1.165) is 81.2 Å². The molecule has 7 atom stereocenters. The maximum atomic E-state index is 14.2. The van der Waals surface area contributed by atoms with Gasteiger partial charge in [-0.2, -0.15) is 0 Å². The molecule has 2 aliphatic heterocycles. The fraction of sp³-hybridized carbons (Fsp3) is 0.439. The van der Waals surface area contributed by atoms with E-state index in [1.165, 1.54) is 72.8 Å². The van der Waals surface area contributed by atoms with Crippen LogP contribution in [0.1, 0.15) is 165 Å². The molecule has 0 radical (unpaired) electrons. The summed E-state index contributed by atoms with van der Waals surface area (Å²) in [5, 5.41) is 56.8. The predicted molar refractivity (Wildman–Crippen MR) is 337 cm³/mol. The molecule has 6 aromatic rings. The van der Waals surface area contributed by atoms with E-state index in [2.05, 4.69) is 0 Å². The molecule has 0 saturated heterocycles. The van der Waals surface area contributed by atoms with Crippen molar-refractivity contribution in [3.05, 3.63) is 209 Å². The Morgan fingerprint density at radius 1 is 0.593 bits per heavy atom. The average molecular weight is 1350 g/mol. The van der Waals surface area contributed by atoms with Crippen LogP contribution in [0.15, 0.2) is 142 Å². The summed E-state index contributed by atoms with van der Waals surface area (Å²) in [6.45, 7) is 11.4. The van der Waals surface area contributed by atoms with Crippen molar-refractivity contribution in [1.29, 1.82) is 0 Å². The minimum absolute atomic E-state index is 0. The van der Waals surface area contributed by atoms with E-state index in [9.17, 15) is 83.8 Å². The number of unbranched alkanes of at least 4 members (excludes halogenated alkanes) is 3. The molecular weight excluding hydrogens is 1270 g/mol. The molecule has 0 spiro atoms. The van der Waals surface area contributed by atoms with Gasteiger partial charge in [0.05, 0.1) is 58.9 Å². The van der Waals surface area contributed by atoms with Crippen molar-refractivity contribution in [2.45, 2.75) is 164 Å². The van der Waals surface area contributed by atoms with E-state index in [4.69, 9.17) is 0 Å². The summed E-state index contributed by atoms with van der Waals surface area (Å²) in [6, 6.07) is 27.7. The van der Waals surface area contributed by atoms with Gasteiger partial charge < -0.3 is 16.4 Å². The maximum absolute atomic E-state index is 14.2. The van der Waals surface area contributed by atoms with E-state index in [-0.39, 0.29) is 125 Å². The number of hydrogen-bond acceptors (Lipinski definition) is 15. The van der Waals surface area contributed by atoms with Crippen molar-refractivity contribution < 1.29 is 121 Å². The van der Waals surface area contributed by atoms with Gasteiger partial charge in [0.1, 0.15) is 23.7 Å². The molecule has 488 valence electrons. The van der Waals surface area contributed by atoms with E-state index in [1.54, 1.807) is 25.1 Å². The molecule has 2 aliphatic rings. The number of non-ortho nitro benzene ring substituents is 3. The Morgan fingerprint density at radius 3 is 1.40 bits per heavy atom. The second-order valence-electron chi connectivity index (χ2n) is 23.6. The second-order valence-corrected chi connectivity index (χ2v) is 29.5. The number of nitro groups is 3. The minimum atomic E-state index is -3.90. The zero-order valence-electron chi connectivity index (χ0n) is 53.2. The monoisotopic (exact) mass is 1350 g/mol. The fourth-order valence-electron chi connectivity index (χ4n) is 12.6. The van der Waals surface area contributed by atoms with Gasteiger partial charge >= 0.3 is 51.4 Å². The first-order valence-corrected chi connectivity index (χ1v) is 35.0. The predicted octanol–water partition coefficient (Wildman–Crippen LogP) is 11.2. The number of nitrogens with zero attached hydrogens (tertiary/aromatic N) is 3. The van der Waals surface area contributed by atoms with Crippen LogP contribution in [0.3, 0.4) is 0 Å². The summed E-state index contributed by atoms with van der Waals surface area (Å²) in [7, 11) is -11.5.